The van der Waals surface area contributed by atoms with Crippen LogP contribution in [0.4, 0.5) is 0 Å². The van der Waals surface area contributed by atoms with Crippen LogP contribution in [0.3, 0.4) is 0 Å². The van der Waals surface area contributed by atoms with Crippen molar-refractivity contribution in [3.05, 3.63) is 188 Å². The Hall–Kier alpha value is -6.95. The predicted molar refractivity (Wildman–Crippen MR) is 232 cm³/mol. The second kappa shape index (κ2) is 13.5. The normalized spacial score (nSPS) is 12.2. The van der Waals surface area contributed by atoms with E-state index < -0.39 is 0 Å². The number of benzene rings is 7. The fourth-order valence-corrected chi connectivity index (χ4v) is 8.85. The molecule has 0 spiro atoms. The van der Waals surface area contributed by atoms with Crippen LogP contribution in [0.1, 0.15) is 18.1 Å². The number of fused-ring (bicyclic) bond motifs is 9. The third kappa shape index (κ3) is 5.73. The first-order valence-corrected chi connectivity index (χ1v) is 19.1. The number of para-hydroxylation sites is 1. The third-order valence-corrected chi connectivity index (χ3v) is 11.4. The number of aromatic nitrogens is 3. The Balaban J connectivity index is 1.13. The topological polar surface area (TPSA) is 51.8 Å². The Labute approximate surface area is 322 Å². The van der Waals surface area contributed by atoms with Gasteiger partial charge in [-0.2, -0.15) is 0 Å². The van der Waals surface area contributed by atoms with Crippen LogP contribution in [0.25, 0.3) is 98.2 Å². The monoisotopic (exact) mass is 723 g/mol. The summed E-state index contributed by atoms with van der Waals surface area (Å²) < 4.78 is 9.15. The molecule has 5 heteroatoms. The summed E-state index contributed by atoms with van der Waals surface area (Å²) in [6.45, 7) is 6.66. The van der Waals surface area contributed by atoms with Gasteiger partial charge in [-0.3, -0.25) is 0 Å². The van der Waals surface area contributed by atoms with Crippen LogP contribution in [0.2, 0.25) is 0 Å². The van der Waals surface area contributed by atoms with Gasteiger partial charge in [0.05, 0.1) is 0 Å². The summed E-state index contributed by atoms with van der Waals surface area (Å²) >= 11 is 1.85. The molecule has 0 saturated carbocycles. The van der Waals surface area contributed by atoms with Gasteiger partial charge in [0.2, 0.25) is 0 Å². The molecule has 0 amide bonds. The smallest absolute Gasteiger partial charge is 0.164 e. The minimum atomic E-state index is 0.605. The van der Waals surface area contributed by atoms with Gasteiger partial charge in [0.25, 0.3) is 0 Å². The molecule has 3 aromatic heterocycles. The minimum Gasteiger partial charge on any atom is -0.456 e. The quantitative estimate of drug-likeness (QED) is 0.154. The van der Waals surface area contributed by atoms with Crippen molar-refractivity contribution in [1.29, 1.82) is 0 Å². The largest absolute Gasteiger partial charge is 0.456 e. The zero-order valence-electron chi connectivity index (χ0n) is 30.0. The van der Waals surface area contributed by atoms with Crippen molar-refractivity contribution in [2.45, 2.75) is 6.92 Å². The van der Waals surface area contributed by atoms with Gasteiger partial charge in [-0.05, 0) is 64.9 Å². The van der Waals surface area contributed by atoms with Crippen LogP contribution >= 0.6 is 11.3 Å². The fourth-order valence-electron chi connectivity index (χ4n) is 7.60. The van der Waals surface area contributed by atoms with Gasteiger partial charge < -0.3 is 4.42 Å². The lowest BCUT2D eigenvalue weighted by Crippen LogP contribution is -2.00. The van der Waals surface area contributed by atoms with Crippen molar-refractivity contribution in [1.82, 2.24) is 15.0 Å². The maximum atomic E-state index is 6.60. The van der Waals surface area contributed by atoms with Crippen LogP contribution in [-0.2, 0) is 0 Å². The Bertz CT molecular complexity index is 3110. The second-order valence-corrected chi connectivity index (χ2v) is 14.7. The van der Waals surface area contributed by atoms with Crippen LogP contribution < -0.4 is 0 Å². The van der Waals surface area contributed by atoms with Crippen molar-refractivity contribution < 1.29 is 4.42 Å². The van der Waals surface area contributed by atoms with Crippen molar-refractivity contribution in [3.63, 3.8) is 0 Å². The molecule has 0 saturated heterocycles. The first-order chi connectivity index (χ1) is 27.1. The molecule has 7 aromatic carbocycles. The highest BCUT2D eigenvalue weighted by atomic mass is 32.1. The molecule has 260 valence electrons. The standard InChI is InChI=1S/C50H33N3OS/c1-3-15-35(41-30-43-45(40-23-10-12-24-42(40)54-43)46-38(41)26-27-39-37-22-11-13-25-44(37)55-47(39)46)28-31(2)34-20-14-21-36(29-34)50-52-48(32-16-6-4-7-17-32)51-49(53-50)33-18-8-5-9-19-33/h3-30H,2H2,1H3/b15-3-,35-28+. The van der Waals surface area contributed by atoms with Gasteiger partial charge in [-0.15, -0.1) is 11.3 Å². The van der Waals surface area contributed by atoms with E-state index >= 15 is 0 Å². The van der Waals surface area contributed by atoms with Gasteiger partial charge in [-0.1, -0.05) is 146 Å². The summed E-state index contributed by atoms with van der Waals surface area (Å²) in [7, 11) is 0. The molecule has 55 heavy (non-hydrogen) atoms. The molecule has 0 bridgehead atoms. The van der Waals surface area contributed by atoms with E-state index in [4.69, 9.17) is 19.4 Å². The van der Waals surface area contributed by atoms with E-state index in [1.165, 1.54) is 30.9 Å². The molecule has 10 aromatic rings. The van der Waals surface area contributed by atoms with E-state index in [2.05, 4.69) is 105 Å². The van der Waals surface area contributed by atoms with Crippen LogP contribution in [-0.4, -0.2) is 15.0 Å². The Morgan fingerprint density at radius 3 is 1.91 bits per heavy atom. The maximum Gasteiger partial charge on any atom is 0.164 e. The van der Waals surface area contributed by atoms with E-state index in [9.17, 15) is 0 Å². The lowest BCUT2D eigenvalue weighted by molar-refractivity contribution is 0.669. The Morgan fingerprint density at radius 1 is 0.564 bits per heavy atom. The molecular formula is C50H33N3OS. The van der Waals surface area contributed by atoms with Crippen molar-refractivity contribution in [3.8, 4) is 34.2 Å². The van der Waals surface area contributed by atoms with Crippen LogP contribution in [0.15, 0.2) is 181 Å². The first kappa shape index (κ1) is 32.7. The summed E-state index contributed by atoms with van der Waals surface area (Å²) in [6.07, 6.45) is 6.43. The van der Waals surface area contributed by atoms with E-state index in [1.54, 1.807) is 0 Å². The SMILES string of the molecule is C=C(/C=C(\C=C/C)c1cc2oc3ccccc3c2c2c1ccc1c3ccccc3sc12)c1cccc(-c2nc(-c3ccccc3)nc(-c3ccccc3)n2)c1. The molecule has 0 aliphatic rings. The molecule has 3 heterocycles. The Morgan fingerprint density at radius 2 is 1.18 bits per heavy atom. The summed E-state index contributed by atoms with van der Waals surface area (Å²) in [5, 5.41) is 7.21. The molecule has 10 rings (SSSR count). The van der Waals surface area contributed by atoms with Crippen molar-refractivity contribution in [2.24, 2.45) is 0 Å². The Kier molecular flexibility index (Phi) is 8.01. The summed E-state index contributed by atoms with van der Waals surface area (Å²) in [6, 6.07) is 52.2. The highest BCUT2D eigenvalue weighted by Crippen LogP contribution is 2.46. The number of allylic oxidation sites excluding steroid dienone is 5. The molecular weight excluding hydrogens is 691 g/mol. The van der Waals surface area contributed by atoms with E-state index in [0.717, 1.165) is 60.9 Å². The zero-order chi connectivity index (χ0) is 36.9. The molecule has 0 N–H and O–H groups in total. The average molecular weight is 724 g/mol. The molecule has 0 aliphatic heterocycles. The second-order valence-electron chi connectivity index (χ2n) is 13.6. The van der Waals surface area contributed by atoms with Gasteiger partial charge in [-0.25, -0.2) is 15.0 Å². The highest BCUT2D eigenvalue weighted by molar-refractivity contribution is 7.26. The average Bonchev–Trinajstić information content (AvgIpc) is 3.82. The van der Waals surface area contributed by atoms with Gasteiger partial charge >= 0.3 is 0 Å². The molecule has 0 unspecified atom stereocenters. The van der Waals surface area contributed by atoms with Crippen LogP contribution in [0.5, 0.6) is 0 Å². The highest BCUT2D eigenvalue weighted by Gasteiger charge is 2.20. The molecule has 0 atom stereocenters. The summed E-state index contributed by atoms with van der Waals surface area (Å²) in [5.74, 6) is 1.86. The number of hydrogen-bond donors (Lipinski definition) is 0. The first-order valence-electron chi connectivity index (χ1n) is 18.3. The number of hydrogen-bond acceptors (Lipinski definition) is 5. The van der Waals surface area contributed by atoms with Gasteiger partial charge in [0.15, 0.2) is 17.5 Å². The fraction of sp³-hybridized carbons (Fsp3) is 0.0200. The molecule has 4 nitrogen and oxygen atoms in total. The van der Waals surface area contributed by atoms with E-state index in [1.807, 2.05) is 90.2 Å². The lowest BCUT2D eigenvalue weighted by Gasteiger charge is -2.12. The minimum absolute atomic E-state index is 0.605. The summed E-state index contributed by atoms with van der Waals surface area (Å²) in [5.41, 5.74) is 8.50. The number of furan rings is 1. The maximum absolute atomic E-state index is 6.60. The van der Waals surface area contributed by atoms with E-state index in [-0.39, 0.29) is 0 Å². The van der Waals surface area contributed by atoms with Crippen molar-refractivity contribution >= 4 is 75.4 Å². The molecule has 0 fully saturated rings. The number of rotatable bonds is 7. The van der Waals surface area contributed by atoms with Crippen LogP contribution in [0, 0.1) is 0 Å². The van der Waals surface area contributed by atoms with Crippen molar-refractivity contribution in [2.75, 3.05) is 0 Å². The third-order valence-electron chi connectivity index (χ3n) is 10.2. The number of nitrogens with zero attached hydrogens (tertiary/aromatic N) is 3. The molecule has 0 aliphatic carbocycles. The number of thiophene rings is 1. The zero-order valence-corrected chi connectivity index (χ0v) is 30.8. The van der Waals surface area contributed by atoms with Gasteiger partial charge in [0.1, 0.15) is 11.2 Å². The van der Waals surface area contributed by atoms with E-state index in [0.29, 0.717) is 17.5 Å². The predicted octanol–water partition coefficient (Wildman–Crippen LogP) is 14.0. The summed E-state index contributed by atoms with van der Waals surface area (Å²) in [4.78, 5) is 14.8. The lowest BCUT2D eigenvalue weighted by atomic mass is 9.91. The van der Waals surface area contributed by atoms with Gasteiger partial charge in [0, 0.05) is 53.0 Å². The molecule has 0 radical (unpaired) electrons.